The molecule has 1 aromatic heterocycles. The number of nitrogens with one attached hydrogen (secondary N) is 3. The summed E-state index contributed by atoms with van der Waals surface area (Å²) in [7, 11) is -2.47. The second-order valence-corrected chi connectivity index (χ2v) is 19.8. The maximum absolute atomic E-state index is 14.0. The van der Waals surface area contributed by atoms with Crippen LogP contribution in [0, 0.1) is 15.5 Å². The Labute approximate surface area is 374 Å². The zero-order valence-corrected chi connectivity index (χ0v) is 37.6. The van der Waals surface area contributed by atoms with Gasteiger partial charge in [-0.15, -0.1) is 0 Å². The Morgan fingerprint density at radius 1 is 0.905 bits per heavy atom. The number of sulfonamides is 1. The zero-order chi connectivity index (χ0) is 44.3. The predicted octanol–water partition coefficient (Wildman–Crippen LogP) is 8.09. The molecule has 3 heterocycles. The molecule has 63 heavy (non-hydrogen) atoms. The minimum atomic E-state index is -4.54. The lowest BCUT2D eigenvalue weighted by atomic mass is 9.72. The average Bonchev–Trinajstić information content (AvgIpc) is 3.73. The average molecular weight is 896 g/mol. The monoisotopic (exact) mass is 894 g/mol. The van der Waals surface area contributed by atoms with E-state index in [1.807, 2.05) is 36.5 Å². The SMILES string of the molecule is CN1CCN(CCNc2ccc(S(=O)(=O)NC(=O)c3ccc(N4CCN(CC5=C(c6ccc(Cl)cc6)CC(C)(C)CC5)CC4)cc3Oc3ccc4[nH]ccc4c3)cc2[N+](=O)[O-])CC1. The van der Waals surface area contributed by atoms with Gasteiger partial charge in [0.15, 0.2) is 0 Å². The largest absolute Gasteiger partial charge is 0.456 e. The van der Waals surface area contributed by atoms with E-state index in [0.717, 1.165) is 106 Å². The smallest absolute Gasteiger partial charge is 0.293 e. The highest BCUT2D eigenvalue weighted by Gasteiger charge is 2.30. The summed E-state index contributed by atoms with van der Waals surface area (Å²) in [5.74, 6) is -0.291. The first-order valence-electron chi connectivity index (χ1n) is 21.5. The Morgan fingerprint density at radius 2 is 1.65 bits per heavy atom. The van der Waals surface area contributed by atoms with E-state index in [2.05, 4.69) is 67.7 Å². The number of carbonyl (C=O) groups is 1. The van der Waals surface area contributed by atoms with Crippen LogP contribution in [0.4, 0.5) is 17.1 Å². The third-order valence-corrected chi connectivity index (χ3v) is 14.1. The Balaban J connectivity index is 0.985. The second kappa shape index (κ2) is 18.7. The van der Waals surface area contributed by atoms with Crippen LogP contribution in [0.5, 0.6) is 11.5 Å². The molecule has 0 bridgehead atoms. The number of amides is 1. The molecule has 1 amide bonds. The van der Waals surface area contributed by atoms with Gasteiger partial charge in [-0.3, -0.25) is 24.7 Å². The zero-order valence-electron chi connectivity index (χ0n) is 36.0. The summed E-state index contributed by atoms with van der Waals surface area (Å²) < 4.78 is 36.0. The van der Waals surface area contributed by atoms with Gasteiger partial charge in [-0.25, -0.2) is 13.1 Å². The maximum atomic E-state index is 14.0. The van der Waals surface area contributed by atoms with Crippen molar-refractivity contribution in [2.45, 2.75) is 38.0 Å². The van der Waals surface area contributed by atoms with E-state index in [9.17, 15) is 23.3 Å². The van der Waals surface area contributed by atoms with E-state index in [4.69, 9.17) is 16.3 Å². The molecule has 2 aliphatic heterocycles. The summed E-state index contributed by atoms with van der Waals surface area (Å²) in [6.07, 6.45) is 5.04. The Hall–Kier alpha value is -5.45. The first-order valence-corrected chi connectivity index (χ1v) is 23.4. The molecule has 14 nitrogen and oxygen atoms in total. The molecule has 0 spiro atoms. The van der Waals surface area contributed by atoms with Gasteiger partial charge >= 0.3 is 0 Å². The normalized spacial score (nSPS) is 17.8. The highest BCUT2D eigenvalue weighted by molar-refractivity contribution is 7.90. The first kappa shape index (κ1) is 44.2. The number of piperazine rings is 2. The van der Waals surface area contributed by atoms with Crippen LogP contribution in [0.15, 0.2) is 102 Å². The molecule has 332 valence electrons. The number of likely N-dealkylation sites (N-methyl/N-ethyl adjacent to an activating group) is 1. The number of nitro groups is 1. The van der Waals surface area contributed by atoms with E-state index in [1.165, 1.54) is 28.8 Å². The van der Waals surface area contributed by atoms with Crippen LogP contribution in [-0.4, -0.2) is 118 Å². The van der Waals surface area contributed by atoms with Crippen molar-refractivity contribution in [3.8, 4) is 11.5 Å². The van der Waals surface area contributed by atoms with Gasteiger partial charge < -0.3 is 24.8 Å². The molecule has 16 heteroatoms. The van der Waals surface area contributed by atoms with Gasteiger partial charge in [0.2, 0.25) is 0 Å². The number of aromatic amines is 1. The molecule has 2 saturated heterocycles. The molecule has 2 fully saturated rings. The summed E-state index contributed by atoms with van der Waals surface area (Å²) in [6, 6.07) is 24.3. The molecular formula is C47H55ClN8O6S. The third-order valence-electron chi connectivity index (χ3n) is 12.5. The molecule has 8 rings (SSSR count). The van der Waals surface area contributed by atoms with Crippen molar-refractivity contribution in [1.82, 2.24) is 24.4 Å². The number of fused-ring (bicyclic) bond motifs is 1. The van der Waals surface area contributed by atoms with Crippen molar-refractivity contribution in [2.24, 2.45) is 5.41 Å². The van der Waals surface area contributed by atoms with Crippen molar-refractivity contribution in [3.05, 3.63) is 123 Å². The van der Waals surface area contributed by atoms with Crippen LogP contribution in [0.25, 0.3) is 16.5 Å². The topological polar surface area (TPSA) is 156 Å². The number of carbonyl (C=O) groups excluding carboxylic acids is 1. The number of H-pyrrole nitrogens is 1. The number of hydrogen-bond donors (Lipinski definition) is 3. The van der Waals surface area contributed by atoms with E-state index in [0.29, 0.717) is 18.8 Å². The van der Waals surface area contributed by atoms with E-state index in [-0.39, 0.29) is 22.4 Å². The van der Waals surface area contributed by atoms with Crippen molar-refractivity contribution in [1.29, 1.82) is 0 Å². The maximum Gasteiger partial charge on any atom is 0.293 e. The molecule has 1 aliphatic carbocycles. The lowest BCUT2D eigenvalue weighted by Crippen LogP contribution is -2.47. The van der Waals surface area contributed by atoms with E-state index >= 15 is 0 Å². The van der Waals surface area contributed by atoms with Crippen LogP contribution in [-0.2, 0) is 10.0 Å². The van der Waals surface area contributed by atoms with Crippen molar-refractivity contribution < 1.29 is 22.9 Å². The van der Waals surface area contributed by atoms with Crippen molar-refractivity contribution >= 4 is 61.1 Å². The highest BCUT2D eigenvalue weighted by atomic mass is 35.5. The van der Waals surface area contributed by atoms with Gasteiger partial charge in [0.25, 0.3) is 21.6 Å². The lowest BCUT2D eigenvalue weighted by Gasteiger charge is -2.39. The number of rotatable bonds is 14. The summed E-state index contributed by atoms with van der Waals surface area (Å²) >= 11 is 6.25. The number of nitro benzene ring substituents is 1. The van der Waals surface area contributed by atoms with Crippen LogP contribution >= 0.6 is 11.6 Å². The van der Waals surface area contributed by atoms with Gasteiger partial charge in [0, 0.05) is 112 Å². The summed E-state index contributed by atoms with van der Waals surface area (Å²) in [5.41, 5.74) is 5.89. The fourth-order valence-corrected chi connectivity index (χ4v) is 9.85. The minimum Gasteiger partial charge on any atom is -0.456 e. The number of benzene rings is 4. The number of allylic oxidation sites excluding steroid dienone is 1. The van der Waals surface area contributed by atoms with Crippen LogP contribution in [0.1, 0.15) is 49.0 Å². The van der Waals surface area contributed by atoms with Crippen LogP contribution in [0.3, 0.4) is 0 Å². The minimum absolute atomic E-state index is 0.00583. The number of nitrogens with zero attached hydrogens (tertiary/aromatic N) is 5. The summed E-state index contributed by atoms with van der Waals surface area (Å²) in [5, 5.41) is 16.9. The molecule has 0 atom stereocenters. The fourth-order valence-electron chi connectivity index (χ4n) is 8.73. The lowest BCUT2D eigenvalue weighted by molar-refractivity contribution is -0.384. The number of halogens is 1. The second-order valence-electron chi connectivity index (χ2n) is 17.6. The van der Waals surface area contributed by atoms with Crippen molar-refractivity contribution in [3.63, 3.8) is 0 Å². The van der Waals surface area contributed by atoms with Crippen molar-refractivity contribution in [2.75, 3.05) is 89.3 Å². The third kappa shape index (κ3) is 10.7. The molecule has 0 unspecified atom stereocenters. The number of anilines is 2. The summed E-state index contributed by atoms with van der Waals surface area (Å²) in [6.45, 7) is 13.5. The molecule has 3 N–H and O–H groups in total. The molecule has 5 aromatic rings. The summed E-state index contributed by atoms with van der Waals surface area (Å²) in [4.78, 5) is 37.5. The predicted molar refractivity (Wildman–Crippen MR) is 250 cm³/mol. The molecule has 4 aromatic carbocycles. The molecule has 0 saturated carbocycles. The Bertz CT molecular complexity index is 2620. The van der Waals surface area contributed by atoms with E-state index in [1.54, 1.807) is 24.3 Å². The van der Waals surface area contributed by atoms with Gasteiger partial charge in [-0.2, -0.15) is 0 Å². The van der Waals surface area contributed by atoms with Crippen LogP contribution in [0.2, 0.25) is 5.02 Å². The fraction of sp³-hybridized carbons (Fsp3) is 0.383. The van der Waals surface area contributed by atoms with Gasteiger partial charge in [0.05, 0.1) is 15.4 Å². The van der Waals surface area contributed by atoms with Gasteiger partial charge in [-0.05, 0) is 104 Å². The standard InChI is InChI=1S/C47H55ClN8O6S/c1-47(2)16-14-35(41(31-47)33-4-6-36(48)7-5-33)32-54-24-26-55(27-25-54)37-8-11-40(45(29-37)62-38-9-12-42-34(28-38)15-17-49-42)46(57)51-63(60,61)39-10-13-43(44(30-39)56(58)59)50-18-19-53-22-20-52(3)21-23-53/h4-13,15,17,28-30,49-50H,14,16,18-27,31-32H2,1-3H3,(H,51,57). The Kier molecular flexibility index (Phi) is 13.1. The first-order chi connectivity index (χ1) is 30.2. The molecule has 3 aliphatic rings. The van der Waals surface area contributed by atoms with Gasteiger partial charge in [-0.1, -0.05) is 43.2 Å². The van der Waals surface area contributed by atoms with Gasteiger partial charge in [0.1, 0.15) is 17.2 Å². The number of hydrogen-bond acceptors (Lipinski definition) is 11. The Morgan fingerprint density at radius 3 is 2.40 bits per heavy atom. The molecular weight excluding hydrogens is 840 g/mol. The highest BCUT2D eigenvalue weighted by Crippen LogP contribution is 2.43. The quantitative estimate of drug-likeness (QED) is 0.0732. The van der Waals surface area contributed by atoms with Crippen LogP contribution < -0.4 is 19.7 Å². The molecule has 0 radical (unpaired) electrons. The number of aromatic nitrogens is 1. The number of ether oxygens (including phenoxy) is 1. The van der Waals surface area contributed by atoms with E-state index < -0.39 is 31.4 Å².